The smallest absolute Gasteiger partial charge is 0.304 e. The molecule has 0 fully saturated rings. The first-order valence-corrected chi connectivity index (χ1v) is 7.00. The number of halogens is 3. The molecule has 1 N–H and O–H groups in total. The second kappa shape index (κ2) is 6.23. The number of rotatable bonds is 6. The Morgan fingerprint density at radius 3 is 2.15 bits per heavy atom. The second-order valence-electron chi connectivity index (χ2n) is 3.84. The zero-order chi connectivity index (χ0) is 15.5. The van der Waals surface area contributed by atoms with Gasteiger partial charge in [0.2, 0.25) is 10.0 Å². The summed E-state index contributed by atoms with van der Waals surface area (Å²) >= 11 is 0. The number of carboxylic acids is 1. The second-order valence-corrected chi connectivity index (χ2v) is 5.71. The fourth-order valence-corrected chi connectivity index (χ4v) is 3.11. The van der Waals surface area contributed by atoms with Crippen LogP contribution in [-0.2, 0) is 14.8 Å². The molecule has 1 aromatic rings. The molecule has 112 valence electrons. The number of nitrogens with zero attached hydrogens (tertiary/aromatic N) is 1. The van der Waals surface area contributed by atoms with Crippen LogP contribution in [-0.4, -0.2) is 36.9 Å². The van der Waals surface area contributed by atoms with E-state index in [9.17, 15) is 26.4 Å². The first kappa shape index (κ1) is 16.4. The van der Waals surface area contributed by atoms with Crippen molar-refractivity contribution < 1.29 is 31.5 Å². The van der Waals surface area contributed by atoms with Crippen LogP contribution in [0, 0.1) is 17.5 Å². The van der Waals surface area contributed by atoms with Gasteiger partial charge in [-0.2, -0.15) is 4.31 Å². The van der Waals surface area contributed by atoms with Crippen LogP contribution in [0.3, 0.4) is 0 Å². The third-order valence-corrected chi connectivity index (χ3v) is 4.52. The van der Waals surface area contributed by atoms with Crippen molar-refractivity contribution in [1.82, 2.24) is 4.31 Å². The van der Waals surface area contributed by atoms with Crippen LogP contribution in [0.15, 0.2) is 17.0 Å². The standard InChI is InChI=1S/C11H12F3NO4S/c1-2-15(4-3-10(16)17)20(18,19)11-8(13)5-7(12)6-9(11)14/h5-6H,2-4H2,1H3,(H,16,17). The van der Waals surface area contributed by atoms with E-state index in [0.29, 0.717) is 4.31 Å². The first-order chi connectivity index (χ1) is 9.20. The van der Waals surface area contributed by atoms with Crippen molar-refractivity contribution in [3.63, 3.8) is 0 Å². The Morgan fingerprint density at radius 1 is 1.25 bits per heavy atom. The van der Waals surface area contributed by atoms with Crippen molar-refractivity contribution in [1.29, 1.82) is 0 Å². The maximum absolute atomic E-state index is 13.5. The Labute approximate surface area is 113 Å². The molecule has 0 amide bonds. The molecule has 5 nitrogen and oxygen atoms in total. The molecular weight excluding hydrogens is 299 g/mol. The summed E-state index contributed by atoms with van der Waals surface area (Å²) in [7, 11) is -4.57. The Balaban J connectivity index is 3.24. The van der Waals surface area contributed by atoms with E-state index in [2.05, 4.69) is 0 Å². The van der Waals surface area contributed by atoms with Crippen LogP contribution in [0.5, 0.6) is 0 Å². The maximum Gasteiger partial charge on any atom is 0.304 e. The predicted octanol–water partition coefficient (Wildman–Crippen LogP) is 1.59. The lowest BCUT2D eigenvalue weighted by molar-refractivity contribution is -0.137. The van der Waals surface area contributed by atoms with E-state index in [1.54, 1.807) is 0 Å². The van der Waals surface area contributed by atoms with Crippen molar-refractivity contribution >= 4 is 16.0 Å². The molecule has 0 saturated carbocycles. The molecule has 0 aliphatic carbocycles. The molecular formula is C11H12F3NO4S. The Hall–Kier alpha value is -1.61. The number of carbonyl (C=O) groups is 1. The molecule has 0 radical (unpaired) electrons. The quantitative estimate of drug-likeness (QED) is 0.866. The lowest BCUT2D eigenvalue weighted by Gasteiger charge is -2.20. The molecule has 0 aromatic heterocycles. The number of aliphatic carboxylic acids is 1. The average molecular weight is 311 g/mol. The highest BCUT2D eigenvalue weighted by Crippen LogP contribution is 2.23. The summed E-state index contributed by atoms with van der Waals surface area (Å²) < 4.78 is 64.5. The van der Waals surface area contributed by atoms with Crippen molar-refractivity contribution in [2.45, 2.75) is 18.2 Å². The van der Waals surface area contributed by atoms with Gasteiger partial charge in [-0.25, -0.2) is 21.6 Å². The van der Waals surface area contributed by atoms with E-state index in [-0.39, 0.29) is 18.7 Å². The van der Waals surface area contributed by atoms with Gasteiger partial charge in [0, 0.05) is 25.2 Å². The molecule has 1 rings (SSSR count). The highest BCUT2D eigenvalue weighted by Gasteiger charge is 2.30. The van der Waals surface area contributed by atoms with Gasteiger partial charge in [-0.15, -0.1) is 0 Å². The summed E-state index contributed by atoms with van der Waals surface area (Å²) in [6, 6.07) is 0.502. The Bertz CT molecular complexity index is 595. The Kier molecular flexibility index (Phi) is 5.12. The SMILES string of the molecule is CCN(CCC(=O)O)S(=O)(=O)c1c(F)cc(F)cc1F. The molecule has 0 unspecified atom stereocenters. The van der Waals surface area contributed by atoms with Gasteiger partial charge < -0.3 is 5.11 Å². The molecule has 0 spiro atoms. The third-order valence-electron chi connectivity index (χ3n) is 2.49. The summed E-state index contributed by atoms with van der Waals surface area (Å²) in [5.74, 6) is -5.61. The molecule has 0 heterocycles. The maximum atomic E-state index is 13.5. The molecule has 0 saturated heterocycles. The fourth-order valence-electron chi connectivity index (χ4n) is 1.57. The summed E-state index contributed by atoms with van der Waals surface area (Å²) in [5, 5.41) is 8.52. The normalized spacial score (nSPS) is 11.8. The van der Waals surface area contributed by atoms with Crippen molar-refractivity contribution in [3.8, 4) is 0 Å². The van der Waals surface area contributed by atoms with E-state index in [1.807, 2.05) is 0 Å². The highest BCUT2D eigenvalue weighted by atomic mass is 32.2. The first-order valence-electron chi connectivity index (χ1n) is 5.56. The minimum atomic E-state index is -4.57. The summed E-state index contributed by atoms with van der Waals surface area (Å²) in [6.45, 7) is 0.773. The number of carboxylic acid groups (broad SMARTS) is 1. The van der Waals surface area contributed by atoms with E-state index in [1.165, 1.54) is 6.92 Å². The topological polar surface area (TPSA) is 74.7 Å². The molecule has 9 heteroatoms. The van der Waals surface area contributed by atoms with Gasteiger partial charge in [0.05, 0.1) is 6.42 Å². The zero-order valence-corrected chi connectivity index (χ0v) is 11.3. The van der Waals surface area contributed by atoms with Gasteiger partial charge in [0.1, 0.15) is 17.5 Å². The van der Waals surface area contributed by atoms with E-state index in [0.717, 1.165) is 0 Å². The minimum Gasteiger partial charge on any atom is -0.481 e. The van der Waals surface area contributed by atoms with Gasteiger partial charge in [-0.1, -0.05) is 6.92 Å². The van der Waals surface area contributed by atoms with Gasteiger partial charge in [-0.3, -0.25) is 4.79 Å². The zero-order valence-electron chi connectivity index (χ0n) is 10.4. The molecule has 0 aliphatic heterocycles. The minimum absolute atomic E-state index is 0.175. The predicted molar refractivity (Wildman–Crippen MR) is 63.0 cm³/mol. The lowest BCUT2D eigenvalue weighted by atomic mass is 10.3. The van der Waals surface area contributed by atoms with Crippen LogP contribution < -0.4 is 0 Å². The van der Waals surface area contributed by atoms with Crippen LogP contribution in [0.25, 0.3) is 0 Å². The van der Waals surface area contributed by atoms with Gasteiger partial charge in [-0.05, 0) is 0 Å². The van der Waals surface area contributed by atoms with E-state index >= 15 is 0 Å². The number of benzene rings is 1. The van der Waals surface area contributed by atoms with Crippen molar-refractivity contribution in [2.24, 2.45) is 0 Å². The highest BCUT2D eigenvalue weighted by molar-refractivity contribution is 7.89. The van der Waals surface area contributed by atoms with Crippen molar-refractivity contribution in [2.75, 3.05) is 13.1 Å². The summed E-state index contributed by atoms with van der Waals surface area (Å²) in [4.78, 5) is 9.16. The molecule has 1 aromatic carbocycles. The van der Waals surface area contributed by atoms with Crippen molar-refractivity contribution in [3.05, 3.63) is 29.6 Å². The average Bonchev–Trinajstić information content (AvgIpc) is 2.26. The third kappa shape index (κ3) is 3.48. The largest absolute Gasteiger partial charge is 0.481 e. The van der Waals surface area contributed by atoms with Gasteiger partial charge >= 0.3 is 5.97 Å². The van der Waals surface area contributed by atoms with Crippen LogP contribution >= 0.6 is 0 Å². The van der Waals surface area contributed by atoms with Crippen LogP contribution in [0.1, 0.15) is 13.3 Å². The van der Waals surface area contributed by atoms with Gasteiger partial charge in [0.15, 0.2) is 4.90 Å². The lowest BCUT2D eigenvalue weighted by Crippen LogP contribution is -2.34. The van der Waals surface area contributed by atoms with E-state index < -0.39 is 51.3 Å². The molecule has 0 atom stereocenters. The number of sulfonamides is 1. The fraction of sp³-hybridized carbons (Fsp3) is 0.364. The monoisotopic (exact) mass is 311 g/mol. The number of hydrogen-bond donors (Lipinski definition) is 1. The Morgan fingerprint density at radius 2 is 1.75 bits per heavy atom. The number of hydrogen-bond acceptors (Lipinski definition) is 3. The van der Waals surface area contributed by atoms with Crippen LogP contribution in [0.4, 0.5) is 13.2 Å². The van der Waals surface area contributed by atoms with Gasteiger partial charge in [0.25, 0.3) is 0 Å². The molecule has 0 bridgehead atoms. The summed E-state index contributed by atoms with van der Waals surface area (Å²) in [5.41, 5.74) is 0. The van der Waals surface area contributed by atoms with E-state index in [4.69, 9.17) is 5.11 Å². The molecule has 0 aliphatic rings. The summed E-state index contributed by atoms with van der Waals surface area (Å²) in [6.07, 6.45) is -0.516. The van der Waals surface area contributed by atoms with Crippen LogP contribution in [0.2, 0.25) is 0 Å². The molecule has 20 heavy (non-hydrogen) atoms.